The van der Waals surface area contributed by atoms with Gasteiger partial charge >= 0.3 is 0 Å². The first kappa shape index (κ1) is 7.47. The fourth-order valence-electron chi connectivity index (χ4n) is 0.476. The van der Waals surface area contributed by atoms with Crippen molar-refractivity contribution in [3.63, 3.8) is 0 Å². The van der Waals surface area contributed by atoms with E-state index in [1.807, 2.05) is 19.2 Å². The second-order valence-corrected chi connectivity index (χ2v) is 3.73. The number of aryl methyl sites for hydroxylation is 1. The van der Waals surface area contributed by atoms with Crippen LogP contribution >= 0.6 is 38.5 Å². The Morgan fingerprint density at radius 3 is 2.78 bits per heavy atom. The molecule has 0 aliphatic carbocycles. The molecule has 48 valence electrons. The highest BCUT2D eigenvalue weighted by Crippen LogP contribution is 2.14. The molecule has 3 heteroatoms. The average Bonchev–Trinajstić information content (AvgIpc) is 1.80. The van der Waals surface area contributed by atoms with Gasteiger partial charge in [0.25, 0.3) is 0 Å². The molecule has 0 spiro atoms. The van der Waals surface area contributed by atoms with Gasteiger partial charge in [-0.3, -0.25) is 0 Å². The predicted octanol–water partition coefficient (Wildman–Crippen LogP) is 2.76. The molecule has 0 aliphatic heterocycles. The summed E-state index contributed by atoms with van der Waals surface area (Å²) in [4.78, 5) is 4.05. The number of hydrogen-bond acceptors (Lipinski definition) is 1. The van der Waals surface area contributed by atoms with Crippen LogP contribution in [0.3, 0.4) is 0 Å². The summed E-state index contributed by atoms with van der Waals surface area (Å²) in [5.74, 6) is 0. The van der Waals surface area contributed by atoms with Crippen molar-refractivity contribution in [1.29, 1.82) is 0 Å². The fourth-order valence-corrected chi connectivity index (χ4v) is 1.67. The molecule has 0 fully saturated rings. The first-order valence-electron chi connectivity index (χ1n) is 2.48. The van der Waals surface area contributed by atoms with Gasteiger partial charge < -0.3 is 0 Å². The zero-order valence-electron chi connectivity index (χ0n) is 4.86. The molecule has 0 radical (unpaired) electrons. The second-order valence-electron chi connectivity index (χ2n) is 1.76. The Kier molecular flexibility index (Phi) is 2.46. The number of pyridine rings is 1. The Bertz CT molecular complexity index is 224. The smallest absolute Gasteiger partial charge is 0.107 e. The Balaban J connectivity index is 3.17. The Labute approximate surface area is 76.1 Å². The zero-order valence-corrected chi connectivity index (χ0v) is 8.60. The lowest BCUT2D eigenvalue weighted by Crippen LogP contribution is -1.81. The lowest BCUT2D eigenvalue weighted by atomic mass is 10.3. The van der Waals surface area contributed by atoms with Gasteiger partial charge in [-0.15, -0.1) is 0 Å². The van der Waals surface area contributed by atoms with Gasteiger partial charge in [0.05, 0.1) is 0 Å². The Morgan fingerprint density at radius 1 is 1.67 bits per heavy atom. The molecule has 0 aromatic carbocycles. The minimum atomic E-state index is 0.900. The van der Waals surface area contributed by atoms with E-state index in [0.29, 0.717) is 0 Å². The van der Waals surface area contributed by atoms with E-state index < -0.39 is 0 Å². The van der Waals surface area contributed by atoms with Gasteiger partial charge in [-0.2, -0.15) is 0 Å². The Hall–Kier alpha value is 0.360. The minimum absolute atomic E-state index is 0.900. The monoisotopic (exact) mass is 297 g/mol. The number of halogens is 2. The molecule has 1 aromatic heterocycles. The molecule has 9 heavy (non-hydrogen) atoms. The van der Waals surface area contributed by atoms with Gasteiger partial charge in [0.1, 0.15) is 4.60 Å². The molecule has 0 atom stereocenters. The number of nitrogens with zero attached hydrogens (tertiary/aromatic N) is 1. The molecule has 0 saturated heterocycles. The molecule has 0 amide bonds. The van der Waals surface area contributed by atoms with Crippen LogP contribution in [0, 0.1) is 10.5 Å². The van der Waals surface area contributed by atoms with E-state index in [1.165, 1.54) is 9.13 Å². The highest BCUT2D eigenvalue weighted by molar-refractivity contribution is 14.1. The second kappa shape index (κ2) is 2.96. The van der Waals surface area contributed by atoms with Crippen molar-refractivity contribution in [3.05, 3.63) is 26.0 Å². The van der Waals surface area contributed by atoms with E-state index in [0.717, 1.165) is 4.60 Å². The van der Waals surface area contributed by atoms with Crippen LogP contribution in [0.2, 0.25) is 0 Å². The summed E-state index contributed by atoms with van der Waals surface area (Å²) in [6.07, 6.45) is 1.85. The van der Waals surface area contributed by atoms with Gasteiger partial charge in [0, 0.05) is 9.77 Å². The normalized spacial score (nSPS) is 9.67. The van der Waals surface area contributed by atoms with E-state index in [2.05, 4.69) is 43.5 Å². The summed E-state index contributed by atoms with van der Waals surface area (Å²) in [6, 6.07) is 2.00. The molecule has 0 unspecified atom stereocenters. The third-order valence-corrected chi connectivity index (χ3v) is 2.60. The maximum absolute atomic E-state index is 4.05. The van der Waals surface area contributed by atoms with Gasteiger partial charge in [0.15, 0.2) is 0 Å². The van der Waals surface area contributed by atoms with Crippen molar-refractivity contribution in [1.82, 2.24) is 4.98 Å². The number of rotatable bonds is 0. The lowest BCUT2D eigenvalue weighted by Gasteiger charge is -1.94. The average molecular weight is 298 g/mol. The van der Waals surface area contributed by atoms with Crippen molar-refractivity contribution in [2.75, 3.05) is 0 Å². The summed E-state index contributed by atoms with van der Waals surface area (Å²) >= 11 is 5.56. The maximum atomic E-state index is 4.05. The van der Waals surface area contributed by atoms with Crippen LogP contribution in [-0.4, -0.2) is 4.98 Å². The summed E-state index contributed by atoms with van der Waals surface area (Å²) in [7, 11) is 0. The maximum Gasteiger partial charge on any atom is 0.107 e. The largest absolute Gasteiger partial charge is 0.249 e. The quantitative estimate of drug-likeness (QED) is 0.530. The number of hydrogen-bond donors (Lipinski definition) is 0. The van der Waals surface area contributed by atoms with Crippen molar-refractivity contribution >= 4 is 38.5 Å². The van der Waals surface area contributed by atoms with E-state index in [4.69, 9.17) is 0 Å². The minimum Gasteiger partial charge on any atom is -0.249 e. The first-order valence-corrected chi connectivity index (χ1v) is 4.35. The summed E-state index contributed by atoms with van der Waals surface area (Å²) < 4.78 is 2.15. The lowest BCUT2D eigenvalue weighted by molar-refractivity contribution is 1.21. The topological polar surface area (TPSA) is 12.9 Å². The van der Waals surface area contributed by atoms with Crippen LogP contribution in [0.1, 0.15) is 5.56 Å². The standard InChI is InChI=1S/C6H5BrIN/c1-4-3-9-6(7)2-5(4)8/h2-3H,1H3. The van der Waals surface area contributed by atoms with E-state index in [-0.39, 0.29) is 0 Å². The van der Waals surface area contributed by atoms with Gasteiger partial charge in [-0.1, -0.05) is 0 Å². The van der Waals surface area contributed by atoms with Gasteiger partial charge in [0.2, 0.25) is 0 Å². The van der Waals surface area contributed by atoms with Gasteiger partial charge in [-0.25, -0.2) is 4.98 Å². The van der Waals surface area contributed by atoms with Crippen molar-refractivity contribution in [3.8, 4) is 0 Å². The molecular formula is C6H5BrIN. The van der Waals surface area contributed by atoms with Crippen molar-refractivity contribution in [2.24, 2.45) is 0 Å². The van der Waals surface area contributed by atoms with E-state index in [9.17, 15) is 0 Å². The Morgan fingerprint density at radius 2 is 2.33 bits per heavy atom. The van der Waals surface area contributed by atoms with Crippen LogP contribution in [0.25, 0.3) is 0 Å². The highest BCUT2D eigenvalue weighted by Gasteiger charge is 1.93. The van der Waals surface area contributed by atoms with E-state index in [1.54, 1.807) is 0 Å². The van der Waals surface area contributed by atoms with Gasteiger partial charge in [-0.05, 0) is 57.1 Å². The summed E-state index contributed by atoms with van der Waals surface area (Å²) in [5, 5.41) is 0. The third kappa shape index (κ3) is 1.89. The van der Waals surface area contributed by atoms with Crippen LogP contribution in [0.4, 0.5) is 0 Å². The van der Waals surface area contributed by atoms with Crippen LogP contribution in [0.15, 0.2) is 16.9 Å². The molecule has 0 N–H and O–H groups in total. The molecule has 0 aliphatic rings. The first-order chi connectivity index (χ1) is 4.20. The van der Waals surface area contributed by atoms with Crippen LogP contribution in [0.5, 0.6) is 0 Å². The molecular weight excluding hydrogens is 293 g/mol. The van der Waals surface area contributed by atoms with Crippen LogP contribution < -0.4 is 0 Å². The van der Waals surface area contributed by atoms with Crippen LogP contribution in [-0.2, 0) is 0 Å². The molecule has 1 aromatic rings. The molecule has 0 bridgehead atoms. The third-order valence-electron chi connectivity index (χ3n) is 1.00. The highest BCUT2D eigenvalue weighted by atomic mass is 127. The van der Waals surface area contributed by atoms with Crippen molar-refractivity contribution < 1.29 is 0 Å². The fraction of sp³-hybridized carbons (Fsp3) is 0.167. The molecule has 1 heterocycles. The predicted molar refractivity (Wildman–Crippen MR) is 49.4 cm³/mol. The molecule has 0 saturated carbocycles. The number of aromatic nitrogens is 1. The molecule has 1 nitrogen and oxygen atoms in total. The zero-order chi connectivity index (χ0) is 6.85. The van der Waals surface area contributed by atoms with Crippen molar-refractivity contribution in [2.45, 2.75) is 6.92 Å². The SMILES string of the molecule is Cc1cnc(Br)cc1I. The molecule has 1 rings (SSSR count). The summed E-state index contributed by atoms with van der Waals surface area (Å²) in [6.45, 7) is 2.04. The summed E-state index contributed by atoms with van der Waals surface area (Å²) in [5.41, 5.74) is 1.22. The van der Waals surface area contributed by atoms with E-state index >= 15 is 0 Å².